The molecule has 0 saturated heterocycles. The summed E-state index contributed by atoms with van der Waals surface area (Å²) >= 11 is 7.79. The summed E-state index contributed by atoms with van der Waals surface area (Å²) in [4.78, 5) is 23.8. The van der Waals surface area contributed by atoms with E-state index in [4.69, 9.17) is 16.6 Å². The van der Waals surface area contributed by atoms with Crippen molar-refractivity contribution in [1.29, 1.82) is 0 Å². The lowest BCUT2D eigenvalue weighted by molar-refractivity contribution is -0.118. The van der Waals surface area contributed by atoms with Crippen molar-refractivity contribution in [3.63, 3.8) is 0 Å². The first-order valence-corrected chi connectivity index (χ1v) is 10.7. The summed E-state index contributed by atoms with van der Waals surface area (Å²) in [7, 11) is 0. The van der Waals surface area contributed by atoms with Crippen LogP contribution in [0.15, 0.2) is 61.2 Å². The summed E-state index contributed by atoms with van der Waals surface area (Å²) < 4.78 is 3.05. The third-order valence-corrected chi connectivity index (χ3v) is 6.28. The summed E-state index contributed by atoms with van der Waals surface area (Å²) in [5.41, 5.74) is 2.81. The van der Waals surface area contributed by atoms with Crippen molar-refractivity contribution < 1.29 is 4.79 Å². The van der Waals surface area contributed by atoms with Crippen LogP contribution in [0, 0.1) is 6.92 Å². The van der Waals surface area contributed by atoms with Gasteiger partial charge in [0.15, 0.2) is 5.13 Å². The molecule has 0 radical (unpaired) electrons. The topological polar surface area (TPSA) is 51.0 Å². The molecule has 1 amide bonds. The van der Waals surface area contributed by atoms with Crippen LogP contribution in [0.4, 0.5) is 5.13 Å². The van der Waals surface area contributed by atoms with Crippen molar-refractivity contribution in [1.82, 2.24) is 14.5 Å². The number of aromatic nitrogens is 3. The van der Waals surface area contributed by atoms with Crippen molar-refractivity contribution in [2.75, 3.05) is 11.4 Å². The number of rotatable bonds is 7. The molecule has 4 rings (SSSR count). The van der Waals surface area contributed by atoms with Crippen molar-refractivity contribution in [2.45, 2.75) is 26.3 Å². The zero-order valence-electron chi connectivity index (χ0n) is 16.1. The van der Waals surface area contributed by atoms with Crippen molar-refractivity contribution >= 4 is 44.2 Å². The second kappa shape index (κ2) is 8.76. The Kier molecular flexibility index (Phi) is 5.92. The van der Waals surface area contributed by atoms with E-state index in [2.05, 4.69) is 4.98 Å². The van der Waals surface area contributed by atoms with Crippen LogP contribution in [0.2, 0.25) is 5.02 Å². The van der Waals surface area contributed by atoms with Gasteiger partial charge in [-0.1, -0.05) is 53.3 Å². The van der Waals surface area contributed by atoms with Gasteiger partial charge >= 0.3 is 0 Å². The van der Waals surface area contributed by atoms with Crippen LogP contribution in [-0.2, 0) is 17.8 Å². The molecule has 0 saturated carbocycles. The fourth-order valence-corrected chi connectivity index (χ4v) is 4.45. The Morgan fingerprint density at radius 1 is 1.21 bits per heavy atom. The molecular formula is C22H21ClN4OS. The molecule has 0 bridgehead atoms. The lowest BCUT2D eigenvalue weighted by Gasteiger charge is -2.20. The number of amides is 1. The van der Waals surface area contributed by atoms with Gasteiger partial charge in [-0.3, -0.25) is 9.69 Å². The lowest BCUT2D eigenvalue weighted by Crippen LogP contribution is -2.33. The third-order valence-electron chi connectivity index (χ3n) is 4.82. The largest absolute Gasteiger partial charge is 0.337 e. The Balaban J connectivity index is 1.59. The van der Waals surface area contributed by atoms with E-state index in [1.54, 1.807) is 12.5 Å². The average molecular weight is 425 g/mol. The average Bonchev–Trinajstić information content (AvgIpc) is 3.39. The summed E-state index contributed by atoms with van der Waals surface area (Å²) in [6.07, 6.45) is 6.64. The van der Waals surface area contributed by atoms with Crippen LogP contribution in [-0.4, -0.2) is 27.0 Å². The highest BCUT2D eigenvalue weighted by atomic mass is 35.5. The van der Waals surface area contributed by atoms with E-state index in [-0.39, 0.29) is 5.91 Å². The monoisotopic (exact) mass is 424 g/mol. The zero-order chi connectivity index (χ0) is 20.2. The number of hydrogen-bond acceptors (Lipinski definition) is 4. The fraction of sp³-hybridized carbons (Fsp3) is 0.227. The molecule has 5 nitrogen and oxygen atoms in total. The normalized spacial score (nSPS) is 11.1. The first-order valence-electron chi connectivity index (χ1n) is 9.47. The van der Waals surface area contributed by atoms with Gasteiger partial charge in [0, 0.05) is 30.5 Å². The maximum atomic E-state index is 13.2. The van der Waals surface area contributed by atoms with Gasteiger partial charge in [-0.25, -0.2) is 9.97 Å². The van der Waals surface area contributed by atoms with E-state index < -0.39 is 0 Å². The number of carbonyl (C=O) groups is 1. The predicted molar refractivity (Wildman–Crippen MR) is 119 cm³/mol. The molecule has 0 aliphatic carbocycles. The standard InChI is InChI=1S/C22H21ClN4OS/c1-16-18(23)8-9-19-21(16)25-22(29-19)27(12-5-11-26-13-10-24-15-26)20(28)14-17-6-3-2-4-7-17/h2-4,6-10,13,15H,5,11-12,14H2,1H3. The van der Waals surface area contributed by atoms with Crippen LogP contribution in [0.25, 0.3) is 10.2 Å². The minimum atomic E-state index is 0.0460. The molecule has 148 valence electrons. The number of halogens is 1. The van der Waals surface area contributed by atoms with Gasteiger partial charge in [-0.05, 0) is 36.6 Å². The molecule has 2 aromatic carbocycles. The SMILES string of the molecule is Cc1c(Cl)ccc2sc(N(CCCn3ccnc3)C(=O)Cc3ccccc3)nc12. The second-order valence-electron chi connectivity index (χ2n) is 6.88. The molecule has 0 aliphatic heterocycles. The Hall–Kier alpha value is -2.70. The Labute approximate surface area is 178 Å². The first kappa shape index (κ1) is 19.6. The number of aryl methyl sites for hydroxylation is 2. The van der Waals surface area contributed by atoms with Crippen molar-refractivity contribution in [2.24, 2.45) is 0 Å². The number of benzene rings is 2. The summed E-state index contributed by atoms with van der Waals surface area (Å²) in [6.45, 7) is 3.35. The van der Waals surface area contributed by atoms with Crippen molar-refractivity contribution in [3.8, 4) is 0 Å². The van der Waals surface area contributed by atoms with E-state index in [1.807, 2.05) is 65.1 Å². The van der Waals surface area contributed by atoms with E-state index >= 15 is 0 Å². The van der Waals surface area contributed by atoms with Gasteiger partial charge in [0.05, 0.1) is 23.0 Å². The van der Waals surface area contributed by atoms with E-state index in [0.717, 1.165) is 39.4 Å². The molecule has 2 aromatic heterocycles. The zero-order valence-corrected chi connectivity index (χ0v) is 17.7. The van der Waals surface area contributed by atoms with Crippen LogP contribution >= 0.6 is 22.9 Å². The van der Waals surface area contributed by atoms with Gasteiger partial charge in [-0.15, -0.1) is 0 Å². The summed E-state index contributed by atoms with van der Waals surface area (Å²) in [5, 5.41) is 1.41. The molecule has 0 N–H and O–H groups in total. The molecule has 2 heterocycles. The lowest BCUT2D eigenvalue weighted by atomic mass is 10.1. The van der Waals surface area contributed by atoms with Crippen LogP contribution in [0.1, 0.15) is 17.5 Å². The molecule has 0 atom stereocenters. The predicted octanol–water partition coefficient (Wildman–Crippen LogP) is 5.12. The van der Waals surface area contributed by atoms with Crippen LogP contribution in [0.3, 0.4) is 0 Å². The van der Waals surface area contributed by atoms with Crippen LogP contribution < -0.4 is 4.90 Å². The third kappa shape index (κ3) is 4.49. The number of carbonyl (C=O) groups excluding carboxylic acids is 1. The van der Waals surface area contributed by atoms with Gasteiger partial charge in [0.2, 0.25) is 5.91 Å². The van der Waals surface area contributed by atoms with E-state index in [0.29, 0.717) is 18.0 Å². The summed E-state index contributed by atoms with van der Waals surface area (Å²) in [6, 6.07) is 13.7. The van der Waals surface area contributed by atoms with Gasteiger partial charge in [0.25, 0.3) is 0 Å². The van der Waals surface area contributed by atoms with E-state index in [9.17, 15) is 4.79 Å². The highest BCUT2D eigenvalue weighted by Gasteiger charge is 2.20. The molecule has 4 aromatic rings. The van der Waals surface area contributed by atoms with Gasteiger partial charge in [0.1, 0.15) is 0 Å². The number of fused-ring (bicyclic) bond motifs is 1. The number of thiazole rings is 1. The first-order chi connectivity index (χ1) is 14.1. The number of nitrogens with zero attached hydrogens (tertiary/aromatic N) is 4. The highest BCUT2D eigenvalue weighted by molar-refractivity contribution is 7.22. The molecule has 0 aliphatic rings. The molecule has 29 heavy (non-hydrogen) atoms. The Morgan fingerprint density at radius 2 is 2.03 bits per heavy atom. The second-order valence-corrected chi connectivity index (χ2v) is 8.29. The smallest absolute Gasteiger partial charge is 0.233 e. The summed E-state index contributed by atoms with van der Waals surface area (Å²) in [5.74, 6) is 0.0460. The maximum absolute atomic E-state index is 13.2. The number of anilines is 1. The molecule has 0 spiro atoms. The van der Waals surface area contributed by atoms with Crippen LogP contribution in [0.5, 0.6) is 0 Å². The molecule has 0 fully saturated rings. The fourth-order valence-electron chi connectivity index (χ4n) is 3.23. The van der Waals surface area contributed by atoms with E-state index in [1.165, 1.54) is 11.3 Å². The quantitative estimate of drug-likeness (QED) is 0.413. The number of imidazole rings is 1. The van der Waals surface area contributed by atoms with Gasteiger partial charge in [-0.2, -0.15) is 0 Å². The Bertz CT molecular complexity index is 1110. The molecule has 0 unspecified atom stereocenters. The van der Waals surface area contributed by atoms with Crippen molar-refractivity contribution in [3.05, 3.63) is 77.3 Å². The Morgan fingerprint density at radius 3 is 2.79 bits per heavy atom. The maximum Gasteiger partial charge on any atom is 0.233 e. The molecule has 7 heteroatoms. The highest BCUT2D eigenvalue weighted by Crippen LogP contribution is 2.34. The minimum Gasteiger partial charge on any atom is -0.337 e. The molecular weight excluding hydrogens is 404 g/mol. The number of hydrogen-bond donors (Lipinski definition) is 0. The minimum absolute atomic E-state index is 0.0460. The van der Waals surface area contributed by atoms with Gasteiger partial charge < -0.3 is 4.57 Å².